The normalized spacial score (nSPS) is 45.0. The van der Waals surface area contributed by atoms with Crippen molar-refractivity contribution in [1.82, 2.24) is 0 Å². The van der Waals surface area contributed by atoms with Crippen LogP contribution in [0.1, 0.15) is 38.5 Å². The van der Waals surface area contributed by atoms with Crippen LogP contribution in [0.3, 0.4) is 0 Å². The highest BCUT2D eigenvalue weighted by atomic mass is 16.5. The summed E-state index contributed by atoms with van der Waals surface area (Å²) in [6, 6.07) is 0.322. The van der Waals surface area contributed by atoms with Gasteiger partial charge in [0, 0.05) is 12.6 Å². The molecule has 0 aromatic rings. The smallest absolute Gasteiger partial charge is 0.0832 e. The van der Waals surface area contributed by atoms with Crippen LogP contribution in [0.25, 0.3) is 0 Å². The highest BCUT2D eigenvalue weighted by Crippen LogP contribution is 2.38. The lowest BCUT2D eigenvalue weighted by Crippen LogP contribution is -2.47. The van der Waals surface area contributed by atoms with E-state index in [1.165, 1.54) is 38.5 Å². The topological polar surface area (TPSA) is 35.2 Å². The molecule has 0 unspecified atom stereocenters. The SMILES string of the molecule is N[C@@H]1CCC[C@@]12CCCCO2. The maximum atomic E-state index is 6.02. The predicted octanol–water partition coefficient (Wildman–Crippen LogP) is 1.44. The number of hydrogen-bond donors (Lipinski definition) is 1. The van der Waals surface area contributed by atoms with Gasteiger partial charge in [-0.3, -0.25) is 0 Å². The molecule has 64 valence electrons. The van der Waals surface area contributed by atoms with E-state index < -0.39 is 0 Å². The predicted molar refractivity (Wildman–Crippen MR) is 44.4 cm³/mol. The summed E-state index contributed by atoms with van der Waals surface area (Å²) < 4.78 is 5.81. The summed E-state index contributed by atoms with van der Waals surface area (Å²) in [7, 11) is 0. The minimum absolute atomic E-state index is 0.109. The van der Waals surface area contributed by atoms with Crippen LogP contribution in [-0.2, 0) is 4.74 Å². The number of hydrogen-bond acceptors (Lipinski definition) is 2. The minimum Gasteiger partial charge on any atom is -0.373 e. The Bertz CT molecular complexity index is 140. The van der Waals surface area contributed by atoms with Crippen LogP contribution in [0.4, 0.5) is 0 Å². The van der Waals surface area contributed by atoms with Crippen LogP contribution in [0.5, 0.6) is 0 Å². The lowest BCUT2D eigenvalue weighted by molar-refractivity contribution is -0.0824. The van der Waals surface area contributed by atoms with Gasteiger partial charge >= 0.3 is 0 Å². The van der Waals surface area contributed by atoms with Gasteiger partial charge in [0.25, 0.3) is 0 Å². The summed E-state index contributed by atoms with van der Waals surface area (Å²) in [6.45, 7) is 0.938. The first kappa shape index (κ1) is 7.56. The van der Waals surface area contributed by atoms with Crippen molar-refractivity contribution >= 4 is 0 Å². The van der Waals surface area contributed by atoms with Crippen LogP contribution in [0, 0.1) is 0 Å². The molecule has 2 nitrogen and oxygen atoms in total. The molecule has 2 N–H and O–H groups in total. The van der Waals surface area contributed by atoms with Crippen molar-refractivity contribution in [2.45, 2.75) is 50.2 Å². The van der Waals surface area contributed by atoms with E-state index in [-0.39, 0.29) is 5.60 Å². The molecule has 0 amide bonds. The molecule has 2 atom stereocenters. The second kappa shape index (κ2) is 2.76. The molecule has 0 aromatic heterocycles. The van der Waals surface area contributed by atoms with Crippen LogP contribution >= 0.6 is 0 Å². The second-order valence-corrected chi connectivity index (χ2v) is 3.87. The third-order valence-corrected chi connectivity index (χ3v) is 3.17. The van der Waals surface area contributed by atoms with E-state index in [9.17, 15) is 0 Å². The van der Waals surface area contributed by atoms with E-state index >= 15 is 0 Å². The van der Waals surface area contributed by atoms with Crippen molar-refractivity contribution in [1.29, 1.82) is 0 Å². The Labute approximate surface area is 68.1 Å². The lowest BCUT2D eigenvalue weighted by atomic mass is 9.89. The van der Waals surface area contributed by atoms with Crippen molar-refractivity contribution in [2.75, 3.05) is 6.61 Å². The third kappa shape index (κ3) is 1.18. The Hall–Kier alpha value is -0.0800. The Morgan fingerprint density at radius 2 is 2.00 bits per heavy atom. The van der Waals surface area contributed by atoms with E-state index in [0.717, 1.165) is 6.61 Å². The van der Waals surface area contributed by atoms with Crippen LogP contribution < -0.4 is 5.73 Å². The van der Waals surface area contributed by atoms with Gasteiger partial charge in [-0.2, -0.15) is 0 Å². The first-order valence-electron chi connectivity index (χ1n) is 4.73. The quantitative estimate of drug-likeness (QED) is 0.574. The molecular formula is C9H17NO. The highest BCUT2D eigenvalue weighted by Gasteiger charge is 2.42. The third-order valence-electron chi connectivity index (χ3n) is 3.17. The number of nitrogens with two attached hydrogens (primary N) is 1. The van der Waals surface area contributed by atoms with Gasteiger partial charge in [0.05, 0.1) is 5.60 Å². The van der Waals surface area contributed by atoms with Gasteiger partial charge in [-0.25, -0.2) is 0 Å². The molecule has 1 saturated heterocycles. The summed E-state index contributed by atoms with van der Waals surface area (Å²) in [4.78, 5) is 0. The van der Waals surface area contributed by atoms with Crippen LogP contribution in [0.15, 0.2) is 0 Å². The number of ether oxygens (including phenoxy) is 1. The molecule has 2 heteroatoms. The summed E-state index contributed by atoms with van der Waals surface area (Å²) in [5, 5.41) is 0. The maximum Gasteiger partial charge on any atom is 0.0832 e. The molecule has 0 aromatic carbocycles. The fraction of sp³-hybridized carbons (Fsp3) is 1.00. The van der Waals surface area contributed by atoms with Gasteiger partial charge in [-0.05, 0) is 38.5 Å². The average molecular weight is 155 g/mol. The van der Waals surface area contributed by atoms with Crippen molar-refractivity contribution in [3.05, 3.63) is 0 Å². The molecular weight excluding hydrogens is 138 g/mol. The van der Waals surface area contributed by atoms with Crippen LogP contribution in [-0.4, -0.2) is 18.2 Å². The zero-order valence-electron chi connectivity index (χ0n) is 7.01. The van der Waals surface area contributed by atoms with E-state index in [1.54, 1.807) is 0 Å². The van der Waals surface area contributed by atoms with Crippen molar-refractivity contribution in [3.63, 3.8) is 0 Å². The molecule has 1 saturated carbocycles. The Kier molecular flexibility index (Phi) is 1.90. The zero-order chi connectivity index (χ0) is 7.73. The minimum atomic E-state index is 0.109. The van der Waals surface area contributed by atoms with Gasteiger partial charge in [0.2, 0.25) is 0 Å². The van der Waals surface area contributed by atoms with Gasteiger partial charge in [-0.15, -0.1) is 0 Å². The fourth-order valence-corrected chi connectivity index (χ4v) is 2.43. The van der Waals surface area contributed by atoms with Gasteiger partial charge in [-0.1, -0.05) is 0 Å². The largest absolute Gasteiger partial charge is 0.373 e. The van der Waals surface area contributed by atoms with Crippen LogP contribution in [0.2, 0.25) is 0 Å². The number of rotatable bonds is 0. The monoisotopic (exact) mass is 155 g/mol. The van der Waals surface area contributed by atoms with Crippen molar-refractivity contribution in [2.24, 2.45) is 5.73 Å². The molecule has 0 bridgehead atoms. The molecule has 2 rings (SSSR count). The highest BCUT2D eigenvalue weighted by molar-refractivity contribution is 4.98. The van der Waals surface area contributed by atoms with Crippen molar-refractivity contribution < 1.29 is 4.74 Å². The molecule has 1 heterocycles. The first-order chi connectivity index (χ1) is 5.33. The maximum absolute atomic E-state index is 6.02. The van der Waals surface area contributed by atoms with Crippen molar-refractivity contribution in [3.8, 4) is 0 Å². The Balaban J connectivity index is 2.06. The van der Waals surface area contributed by atoms with E-state index in [0.29, 0.717) is 6.04 Å². The van der Waals surface area contributed by atoms with E-state index in [4.69, 9.17) is 10.5 Å². The Morgan fingerprint density at radius 3 is 2.55 bits per heavy atom. The standard InChI is InChI=1S/C9H17NO/c10-8-4-3-6-9(8)5-1-2-7-11-9/h8H,1-7,10H2/t8-,9+/m1/s1. The Morgan fingerprint density at radius 1 is 1.18 bits per heavy atom. The van der Waals surface area contributed by atoms with E-state index in [2.05, 4.69) is 0 Å². The summed E-state index contributed by atoms with van der Waals surface area (Å²) in [6.07, 6.45) is 7.38. The lowest BCUT2D eigenvalue weighted by Gasteiger charge is -2.37. The fourth-order valence-electron chi connectivity index (χ4n) is 2.43. The molecule has 0 radical (unpaired) electrons. The summed E-state index contributed by atoms with van der Waals surface area (Å²) in [5.74, 6) is 0. The molecule has 1 aliphatic carbocycles. The van der Waals surface area contributed by atoms with Gasteiger partial charge in [0.15, 0.2) is 0 Å². The van der Waals surface area contributed by atoms with Gasteiger partial charge in [0.1, 0.15) is 0 Å². The molecule has 1 spiro atoms. The molecule has 2 aliphatic rings. The van der Waals surface area contributed by atoms with E-state index in [1.807, 2.05) is 0 Å². The second-order valence-electron chi connectivity index (χ2n) is 3.87. The molecule has 2 fully saturated rings. The molecule has 1 aliphatic heterocycles. The first-order valence-corrected chi connectivity index (χ1v) is 4.73. The summed E-state index contributed by atoms with van der Waals surface area (Å²) >= 11 is 0. The zero-order valence-corrected chi connectivity index (χ0v) is 7.01. The van der Waals surface area contributed by atoms with Gasteiger partial charge < -0.3 is 10.5 Å². The average Bonchev–Trinajstić information content (AvgIpc) is 2.36. The summed E-state index contributed by atoms with van der Waals surface area (Å²) in [5.41, 5.74) is 6.13. The molecule has 11 heavy (non-hydrogen) atoms.